The molecule has 0 radical (unpaired) electrons. The third-order valence-electron chi connectivity index (χ3n) is 23.9. The third kappa shape index (κ3) is 8.35. The molecule has 6 heterocycles. The van der Waals surface area contributed by atoms with E-state index in [0.717, 1.165) is 35.6 Å². The summed E-state index contributed by atoms with van der Waals surface area (Å²) in [5, 5.41) is 15.1. The van der Waals surface area contributed by atoms with Crippen LogP contribution in [0.3, 0.4) is 0 Å². The summed E-state index contributed by atoms with van der Waals surface area (Å²) < 4.78 is 15.1. The Kier molecular flexibility index (Phi) is 12.7. The van der Waals surface area contributed by atoms with E-state index in [4.69, 9.17) is 0 Å². The van der Waals surface area contributed by atoms with Gasteiger partial charge in [0.1, 0.15) is 0 Å². The molecule has 0 bridgehead atoms. The fourth-order valence-electron chi connectivity index (χ4n) is 19.4. The van der Waals surface area contributed by atoms with Crippen molar-refractivity contribution in [3.63, 3.8) is 0 Å². The average Bonchev–Trinajstić information content (AvgIpc) is 1.55. The van der Waals surface area contributed by atoms with Crippen LogP contribution in [0.2, 0.25) is 0 Å². The fourth-order valence-corrected chi connectivity index (χ4v) is 19.4. The number of nitrogens with zero attached hydrogens (tertiary/aromatic N) is 6. The van der Waals surface area contributed by atoms with Gasteiger partial charge in [-0.3, -0.25) is 0 Å². The van der Waals surface area contributed by atoms with Gasteiger partial charge in [-0.25, -0.2) is 0 Å². The van der Waals surface area contributed by atoms with E-state index >= 15 is 0 Å². The quantitative estimate of drug-likeness (QED) is 0.159. The maximum absolute atomic E-state index is 2.66. The molecule has 0 atom stereocenters. The molecule has 22 rings (SSSR count). The zero-order valence-corrected chi connectivity index (χ0v) is 56.8. The smallest absolute Gasteiger partial charge is 0.0542 e. The molecule has 0 N–H and O–H groups in total. The Bertz CT molecular complexity index is 5920. The van der Waals surface area contributed by atoms with Crippen LogP contribution in [0.15, 0.2) is 303 Å². The number of hydrogen-bond donors (Lipinski definition) is 0. The Balaban J connectivity index is 0.755. The minimum absolute atomic E-state index is 0.214. The lowest BCUT2D eigenvalue weighted by atomic mass is 9.70. The van der Waals surface area contributed by atoms with Crippen molar-refractivity contribution in [2.24, 2.45) is 0 Å². The van der Waals surface area contributed by atoms with Crippen LogP contribution in [0.5, 0.6) is 0 Å². The Morgan fingerprint density at radius 3 is 0.588 bits per heavy atom. The summed E-state index contributed by atoms with van der Waals surface area (Å²) in [4.78, 5) is 0. The van der Waals surface area contributed by atoms with Crippen LogP contribution in [0.4, 0.5) is 0 Å². The zero-order chi connectivity index (χ0) is 66.7. The van der Waals surface area contributed by atoms with Crippen LogP contribution in [-0.2, 0) is 5.41 Å². The first kappa shape index (κ1) is 57.8. The maximum atomic E-state index is 2.66. The second-order valence-electron chi connectivity index (χ2n) is 29.2. The highest BCUT2D eigenvalue weighted by Gasteiger charge is 2.43. The molecule has 14 aromatic carbocycles. The van der Waals surface area contributed by atoms with Crippen molar-refractivity contribution < 1.29 is 0 Å². The van der Waals surface area contributed by atoms with Gasteiger partial charge in [0.05, 0.1) is 66.2 Å². The number of fused-ring (bicyclic) bond motifs is 23. The molecular formula is C96H72N6. The van der Waals surface area contributed by atoms with Crippen molar-refractivity contribution in [1.82, 2.24) is 27.4 Å². The largest absolute Gasteiger partial charge is 0.309 e. The van der Waals surface area contributed by atoms with Crippen molar-refractivity contribution in [1.29, 1.82) is 0 Å². The van der Waals surface area contributed by atoms with Gasteiger partial charge < -0.3 is 27.4 Å². The Morgan fingerprint density at radius 1 is 0.167 bits per heavy atom. The summed E-state index contributed by atoms with van der Waals surface area (Å²) in [6.07, 6.45) is 13.7. The maximum Gasteiger partial charge on any atom is 0.0542 e. The summed E-state index contributed by atoms with van der Waals surface area (Å²) in [7, 11) is 0. The van der Waals surface area contributed by atoms with Crippen LogP contribution in [-0.4, -0.2) is 27.4 Å². The zero-order valence-electron chi connectivity index (χ0n) is 56.8. The minimum atomic E-state index is -0.214. The summed E-state index contributed by atoms with van der Waals surface area (Å²) >= 11 is 0. The number of aromatic nitrogens is 6. The normalized spacial score (nSPS) is 14.5. The van der Waals surface area contributed by atoms with Crippen LogP contribution in [0, 0.1) is 0 Å². The molecule has 0 aliphatic heterocycles. The highest BCUT2D eigenvalue weighted by Crippen LogP contribution is 2.56. The molecule has 1 fully saturated rings. The van der Waals surface area contributed by atoms with Crippen molar-refractivity contribution in [3.05, 3.63) is 314 Å². The molecule has 486 valence electrons. The van der Waals surface area contributed by atoms with Gasteiger partial charge in [-0.2, -0.15) is 0 Å². The third-order valence-corrected chi connectivity index (χ3v) is 23.9. The summed E-state index contributed by atoms with van der Waals surface area (Å²) in [5.41, 5.74) is 27.1. The topological polar surface area (TPSA) is 29.6 Å². The Morgan fingerprint density at radius 2 is 0.353 bits per heavy atom. The van der Waals surface area contributed by atoms with Crippen LogP contribution < -0.4 is 0 Å². The average molecular weight is 1310 g/mol. The molecule has 6 heteroatoms. The lowest BCUT2D eigenvalue weighted by Gasteiger charge is -2.34. The second kappa shape index (κ2) is 22.4. The predicted molar refractivity (Wildman–Crippen MR) is 429 cm³/mol. The van der Waals surface area contributed by atoms with Crippen LogP contribution >= 0.6 is 0 Å². The fraction of sp³-hybridized carbons (Fsp3) is 0.125. The summed E-state index contributed by atoms with van der Waals surface area (Å²) in [6, 6.07) is 116. The number of benzene rings is 14. The van der Waals surface area contributed by atoms with E-state index in [-0.39, 0.29) is 5.41 Å². The molecule has 6 aromatic heterocycles. The number of para-hydroxylation sites is 8. The predicted octanol–water partition coefficient (Wildman–Crippen LogP) is 25.8. The second-order valence-corrected chi connectivity index (χ2v) is 29.2. The van der Waals surface area contributed by atoms with Crippen molar-refractivity contribution in [3.8, 4) is 45.3 Å². The Hall–Kier alpha value is -12.1. The number of hydrogen-bond acceptors (Lipinski definition) is 0. The van der Waals surface area contributed by atoms with E-state index in [0.29, 0.717) is 0 Å². The van der Waals surface area contributed by atoms with Crippen molar-refractivity contribution in [2.75, 3.05) is 0 Å². The number of rotatable bonds is 6. The van der Waals surface area contributed by atoms with E-state index in [9.17, 15) is 0 Å². The first-order chi connectivity index (χ1) is 50.6. The van der Waals surface area contributed by atoms with Gasteiger partial charge in [0.15, 0.2) is 0 Å². The van der Waals surface area contributed by atoms with Crippen LogP contribution in [0.1, 0.15) is 81.8 Å². The van der Waals surface area contributed by atoms with Gasteiger partial charge in [-0.1, -0.05) is 216 Å². The van der Waals surface area contributed by atoms with Crippen molar-refractivity contribution in [2.45, 2.75) is 76.0 Å². The van der Waals surface area contributed by atoms with Gasteiger partial charge in [-0.05, 0) is 181 Å². The highest BCUT2D eigenvalue weighted by atomic mass is 15.0. The summed E-state index contributed by atoms with van der Waals surface area (Å²) in [6.45, 7) is 0. The molecule has 20 aromatic rings. The minimum Gasteiger partial charge on any atom is -0.309 e. The molecule has 0 saturated heterocycles. The molecular weight excluding hydrogens is 1240 g/mol. The lowest BCUT2D eigenvalue weighted by molar-refractivity contribution is 0.390. The molecule has 2 aliphatic carbocycles. The van der Waals surface area contributed by atoms with E-state index in [1.165, 1.54) is 222 Å². The molecule has 102 heavy (non-hydrogen) atoms. The Labute approximate surface area is 590 Å². The summed E-state index contributed by atoms with van der Waals surface area (Å²) in [5.74, 6) is 0. The molecule has 6 nitrogen and oxygen atoms in total. The van der Waals surface area contributed by atoms with E-state index < -0.39 is 0 Å². The first-order valence-electron chi connectivity index (χ1n) is 37.0. The van der Waals surface area contributed by atoms with E-state index in [2.05, 4.69) is 331 Å². The van der Waals surface area contributed by atoms with Gasteiger partial charge in [0.2, 0.25) is 0 Å². The van der Waals surface area contributed by atoms with Crippen molar-refractivity contribution >= 4 is 131 Å². The molecule has 1 spiro atoms. The van der Waals surface area contributed by atoms with E-state index in [1.807, 2.05) is 0 Å². The van der Waals surface area contributed by atoms with Gasteiger partial charge >= 0.3 is 0 Å². The lowest BCUT2D eigenvalue weighted by Crippen LogP contribution is -2.26. The first-order valence-corrected chi connectivity index (χ1v) is 37.0. The monoisotopic (exact) mass is 1310 g/mol. The molecule has 0 unspecified atom stereocenters. The van der Waals surface area contributed by atoms with E-state index in [1.54, 1.807) is 0 Å². The van der Waals surface area contributed by atoms with Gasteiger partial charge in [0, 0.05) is 104 Å². The van der Waals surface area contributed by atoms with Gasteiger partial charge in [-0.15, -0.1) is 0 Å². The van der Waals surface area contributed by atoms with Crippen LogP contribution in [0.25, 0.3) is 176 Å². The van der Waals surface area contributed by atoms with Gasteiger partial charge in [0.25, 0.3) is 0 Å². The highest BCUT2D eigenvalue weighted by molar-refractivity contribution is 6.17. The SMILES string of the molecule is c1ccc2c(c1)c1ccccc1n2-c1ccc2c(c1)c1cc(-n3c4ccccc4c4ccccc43)ccc1n2-c1ccc2c(c1)C1(CCCCCCCCCCC1)c1cc(-n3c4ccc(-n5c6ccccc6c6ccccc65)cc4c4cc(-n5c6ccccc6c6ccccc65)ccc43)ccc1-2. The standard InChI is InChI=1S/C96H72N6/c1-2-4-6-24-54-96(55-25-7-5-3-1)82-60-66(101-92-50-44-62(97-84-34-16-8-26-70(84)71-27-9-17-35-85(71)97)56-78(92)79-57-63(45-51-93(79)101)98-86-36-18-10-28-72(86)73-29-11-19-37-87(73)98)42-48-68(82)69-49-43-67(61-83(69)96)102-94-52-46-64(99-88-38-20-12-30-74(88)75-31-13-21-39-89(75)99)58-80(94)81-59-65(47-53-95(81)102)100-90-40-22-14-32-76(90)77-33-15-23-41-91(77)100/h8-23,26-53,56-61H,1-7,24-25,54-55H2. The molecule has 1 saturated carbocycles. The molecule has 0 amide bonds. The molecule has 2 aliphatic rings.